The predicted molar refractivity (Wildman–Crippen MR) is 67.2 cm³/mol. The third kappa shape index (κ3) is 2.62. The number of hydrogen-bond donors (Lipinski definition) is 0. The summed E-state index contributed by atoms with van der Waals surface area (Å²) in [6, 6.07) is 8.82. The van der Waals surface area contributed by atoms with Crippen molar-refractivity contribution in [2.24, 2.45) is 0 Å². The minimum atomic E-state index is 1.22. The fourth-order valence-corrected chi connectivity index (χ4v) is 2.17. The predicted octanol–water partition coefficient (Wildman–Crippen LogP) is 3.71. The fourth-order valence-electron chi connectivity index (χ4n) is 2.17. The first-order valence-corrected chi connectivity index (χ1v) is 5.88. The number of benzene rings is 1. The highest BCUT2D eigenvalue weighted by Crippen LogP contribution is 2.21. The first-order valence-electron chi connectivity index (χ1n) is 5.88. The summed E-state index contributed by atoms with van der Waals surface area (Å²) in [6.07, 6.45) is 8.33. The van der Waals surface area contributed by atoms with E-state index >= 15 is 0 Å². The highest BCUT2D eigenvalue weighted by atomic mass is 15.1. The molecule has 1 saturated heterocycles. The van der Waals surface area contributed by atoms with Crippen LogP contribution in [0.5, 0.6) is 0 Å². The van der Waals surface area contributed by atoms with Crippen LogP contribution in [0.3, 0.4) is 0 Å². The molecule has 1 fully saturated rings. The first-order chi connectivity index (χ1) is 7.40. The second-order valence-corrected chi connectivity index (χ2v) is 4.14. The van der Waals surface area contributed by atoms with Crippen LogP contribution in [0, 0.1) is 0 Å². The van der Waals surface area contributed by atoms with Crippen LogP contribution in [-0.4, -0.2) is 13.1 Å². The Labute approximate surface area is 92.4 Å². The van der Waals surface area contributed by atoms with Crippen molar-refractivity contribution < 1.29 is 0 Å². The molecule has 0 spiro atoms. The monoisotopic (exact) mass is 201 g/mol. The average Bonchev–Trinajstić information content (AvgIpc) is 2.31. The van der Waals surface area contributed by atoms with Gasteiger partial charge >= 0.3 is 0 Å². The molecule has 1 aliphatic rings. The van der Waals surface area contributed by atoms with Crippen LogP contribution in [0.1, 0.15) is 31.7 Å². The third-order valence-electron chi connectivity index (χ3n) is 2.95. The van der Waals surface area contributed by atoms with Crippen LogP contribution < -0.4 is 4.90 Å². The number of anilines is 1. The van der Waals surface area contributed by atoms with Gasteiger partial charge in [-0.05, 0) is 43.9 Å². The lowest BCUT2D eigenvalue weighted by atomic mass is 10.1. The van der Waals surface area contributed by atoms with E-state index in [9.17, 15) is 0 Å². The van der Waals surface area contributed by atoms with E-state index in [4.69, 9.17) is 0 Å². The van der Waals surface area contributed by atoms with Crippen LogP contribution in [-0.2, 0) is 0 Å². The van der Waals surface area contributed by atoms with Gasteiger partial charge < -0.3 is 4.90 Å². The Kier molecular flexibility index (Phi) is 3.44. The summed E-state index contributed by atoms with van der Waals surface area (Å²) in [4.78, 5) is 2.50. The Morgan fingerprint density at radius 3 is 2.67 bits per heavy atom. The van der Waals surface area contributed by atoms with Crippen LogP contribution in [0.15, 0.2) is 30.3 Å². The summed E-state index contributed by atoms with van der Waals surface area (Å²) in [6.45, 7) is 4.51. The lowest BCUT2D eigenvalue weighted by Crippen LogP contribution is -2.29. The summed E-state index contributed by atoms with van der Waals surface area (Å²) in [5, 5.41) is 0. The molecule has 0 bridgehead atoms. The van der Waals surface area contributed by atoms with E-state index in [1.54, 1.807) is 0 Å². The van der Waals surface area contributed by atoms with Gasteiger partial charge in [0.05, 0.1) is 0 Å². The zero-order chi connectivity index (χ0) is 10.5. The molecular weight excluding hydrogens is 182 g/mol. The Morgan fingerprint density at radius 1 is 1.13 bits per heavy atom. The second-order valence-electron chi connectivity index (χ2n) is 4.14. The summed E-state index contributed by atoms with van der Waals surface area (Å²) in [5.74, 6) is 0. The zero-order valence-electron chi connectivity index (χ0n) is 9.45. The normalized spacial score (nSPS) is 17.3. The van der Waals surface area contributed by atoms with E-state index in [2.05, 4.69) is 48.2 Å². The highest BCUT2D eigenvalue weighted by molar-refractivity contribution is 5.58. The molecule has 0 saturated carbocycles. The molecular formula is C14H19N. The third-order valence-corrected chi connectivity index (χ3v) is 2.95. The molecule has 1 heteroatoms. The first kappa shape index (κ1) is 10.3. The molecule has 0 aromatic heterocycles. The molecule has 0 unspecified atom stereocenters. The largest absolute Gasteiger partial charge is 0.372 e. The van der Waals surface area contributed by atoms with Gasteiger partial charge in [-0.3, -0.25) is 0 Å². The van der Waals surface area contributed by atoms with Crippen LogP contribution >= 0.6 is 0 Å². The molecule has 80 valence electrons. The molecule has 0 amide bonds. The van der Waals surface area contributed by atoms with E-state index in [-0.39, 0.29) is 0 Å². The summed E-state index contributed by atoms with van der Waals surface area (Å²) in [5.41, 5.74) is 2.69. The number of piperidine rings is 1. The van der Waals surface area contributed by atoms with Gasteiger partial charge in [-0.25, -0.2) is 0 Å². The molecule has 1 aliphatic heterocycles. The molecule has 1 nitrogen and oxygen atoms in total. The van der Waals surface area contributed by atoms with E-state index in [1.807, 2.05) is 0 Å². The summed E-state index contributed by atoms with van der Waals surface area (Å²) < 4.78 is 0. The molecule has 0 N–H and O–H groups in total. The SMILES string of the molecule is C/C=C/c1cccc(N2CCCCC2)c1. The Morgan fingerprint density at radius 2 is 1.93 bits per heavy atom. The Balaban J connectivity index is 2.15. The van der Waals surface area contributed by atoms with E-state index in [1.165, 1.54) is 43.6 Å². The lowest BCUT2D eigenvalue weighted by molar-refractivity contribution is 0.578. The van der Waals surface area contributed by atoms with Crippen molar-refractivity contribution in [3.05, 3.63) is 35.9 Å². The van der Waals surface area contributed by atoms with Crippen molar-refractivity contribution in [3.63, 3.8) is 0 Å². The fraction of sp³-hybridized carbons (Fsp3) is 0.429. The molecule has 0 radical (unpaired) electrons. The number of allylic oxidation sites excluding steroid dienone is 1. The van der Waals surface area contributed by atoms with E-state index in [0.717, 1.165) is 0 Å². The van der Waals surface area contributed by atoms with Gasteiger partial charge in [0.2, 0.25) is 0 Å². The van der Waals surface area contributed by atoms with Gasteiger partial charge in [-0.1, -0.05) is 24.3 Å². The van der Waals surface area contributed by atoms with E-state index in [0.29, 0.717) is 0 Å². The molecule has 2 rings (SSSR count). The molecule has 15 heavy (non-hydrogen) atoms. The zero-order valence-corrected chi connectivity index (χ0v) is 9.45. The van der Waals surface area contributed by atoms with Crippen LogP contribution in [0.2, 0.25) is 0 Å². The Hall–Kier alpha value is -1.24. The molecule has 1 heterocycles. The molecule has 1 aromatic rings. The van der Waals surface area contributed by atoms with Crippen molar-refractivity contribution in [2.75, 3.05) is 18.0 Å². The minimum Gasteiger partial charge on any atom is -0.372 e. The quantitative estimate of drug-likeness (QED) is 0.705. The van der Waals surface area contributed by atoms with Gasteiger partial charge in [-0.2, -0.15) is 0 Å². The standard InChI is InChI=1S/C14H19N/c1-2-7-13-8-6-9-14(12-13)15-10-4-3-5-11-15/h2,6-9,12H,3-5,10-11H2,1H3/b7-2+. The maximum atomic E-state index is 2.50. The van der Waals surface area contributed by atoms with Gasteiger partial charge in [0, 0.05) is 18.8 Å². The summed E-state index contributed by atoms with van der Waals surface area (Å²) in [7, 11) is 0. The highest BCUT2D eigenvalue weighted by Gasteiger charge is 2.10. The van der Waals surface area contributed by atoms with E-state index < -0.39 is 0 Å². The number of hydrogen-bond acceptors (Lipinski definition) is 1. The Bertz CT molecular complexity index is 335. The van der Waals surface area contributed by atoms with Crippen molar-refractivity contribution in [3.8, 4) is 0 Å². The van der Waals surface area contributed by atoms with Crippen LogP contribution in [0.4, 0.5) is 5.69 Å². The average molecular weight is 201 g/mol. The maximum Gasteiger partial charge on any atom is 0.0372 e. The minimum absolute atomic E-state index is 1.22. The van der Waals surface area contributed by atoms with Gasteiger partial charge in [0.15, 0.2) is 0 Å². The van der Waals surface area contributed by atoms with Gasteiger partial charge in [0.25, 0.3) is 0 Å². The second kappa shape index (κ2) is 5.01. The lowest BCUT2D eigenvalue weighted by Gasteiger charge is -2.29. The van der Waals surface area contributed by atoms with Crippen molar-refractivity contribution in [1.82, 2.24) is 0 Å². The smallest absolute Gasteiger partial charge is 0.0372 e. The van der Waals surface area contributed by atoms with Crippen molar-refractivity contribution in [2.45, 2.75) is 26.2 Å². The van der Waals surface area contributed by atoms with Gasteiger partial charge in [0.1, 0.15) is 0 Å². The van der Waals surface area contributed by atoms with Crippen molar-refractivity contribution >= 4 is 11.8 Å². The van der Waals surface area contributed by atoms with Crippen LogP contribution in [0.25, 0.3) is 6.08 Å². The van der Waals surface area contributed by atoms with Gasteiger partial charge in [-0.15, -0.1) is 0 Å². The number of nitrogens with zero attached hydrogens (tertiary/aromatic N) is 1. The molecule has 0 atom stereocenters. The van der Waals surface area contributed by atoms with Crippen molar-refractivity contribution in [1.29, 1.82) is 0 Å². The molecule has 0 aliphatic carbocycles. The maximum absolute atomic E-state index is 2.50. The number of rotatable bonds is 2. The molecule has 1 aromatic carbocycles. The summed E-state index contributed by atoms with van der Waals surface area (Å²) >= 11 is 0. The topological polar surface area (TPSA) is 3.24 Å².